The second kappa shape index (κ2) is 6.91. The van der Waals surface area contributed by atoms with E-state index in [1.807, 2.05) is 43.5 Å². The molecule has 1 unspecified atom stereocenters. The van der Waals surface area contributed by atoms with Crippen LogP contribution in [0.2, 0.25) is 0 Å². The van der Waals surface area contributed by atoms with Gasteiger partial charge < -0.3 is 15.0 Å². The van der Waals surface area contributed by atoms with E-state index in [0.717, 1.165) is 22.9 Å². The fourth-order valence-electron chi connectivity index (χ4n) is 2.21. The molecule has 1 heterocycles. The average molecular weight is 272 g/mol. The smallest absolute Gasteiger partial charge is 0.327 e. The lowest BCUT2D eigenvalue weighted by atomic mass is 10.1. The van der Waals surface area contributed by atoms with Gasteiger partial charge in [0.05, 0.1) is 6.61 Å². The van der Waals surface area contributed by atoms with Gasteiger partial charge in [-0.3, -0.25) is 0 Å². The van der Waals surface area contributed by atoms with Gasteiger partial charge in [-0.25, -0.2) is 4.79 Å². The van der Waals surface area contributed by atoms with E-state index in [1.54, 1.807) is 0 Å². The second-order valence-corrected chi connectivity index (χ2v) is 4.51. The molecule has 0 radical (unpaired) electrons. The second-order valence-electron chi connectivity index (χ2n) is 4.51. The molecule has 1 aromatic heterocycles. The highest BCUT2D eigenvalue weighted by Crippen LogP contribution is 2.25. The number of H-pyrrole nitrogens is 1. The Morgan fingerprint density at radius 2 is 2.30 bits per heavy atom. The highest BCUT2D eigenvalue weighted by molar-refractivity contribution is 5.89. The molecule has 2 rings (SSSR count). The van der Waals surface area contributed by atoms with Crippen LogP contribution in [0.4, 0.5) is 0 Å². The van der Waals surface area contributed by atoms with Gasteiger partial charge in [0.1, 0.15) is 6.04 Å². The first-order chi connectivity index (χ1) is 9.77. The summed E-state index contributed by atoms with van der Waals surface area (Å²) < 4.78 is 5.17. The average Bonchev–Trinajstić information content (AvgIpc) is 2.88. The van der Waals surface area contributed by atoms with Crippen molar-refractivity contribution in [2.24, 2.45) is 0 Å². The predicted octanol–water partition coefficient (Wildman–Crippen LogP) is 2.94. The SMILES string of the molecule is C=CCCNC(C(=O)OCC)c1c[nH]c2ccccc12. The van der Waals surface area contributed by atoms with Crippen LogP contribution < -0.4 is 5.32 Å². The van der Waals surface area contributed by atoms with Crippen LogP contribution in [0.15, 0.2) is 43.1 Å². The highest BCUT2D eigenvalue weighted by Gasteiger charge is 2.23. The lowest BCUT2D eigenvalue weighted by molar-refractivity contribution is -0.145. The molecule has 0 bridgehead atoms. The third-order valence-electron chi connectivity index (χ3n) is 3.15. The van der Waals surface area contributed by atoms with Gasteiger partial charge in [-0.05, 0) is 26.0 Å². The molecular weight excluding hydrogens is 252 g/mol. The van der Waals surface area contributed by atoms with Crippen LogP contribution in [0.25, 0.3) is 10.9 Å². The van der Waals surface area contributed by atoms with Crippen LogP contribution in [0.3, 0.4) is 0 Å². The van der Waals surface area contributed by atoms with Gasteiger partial charge in [-0.2, -0.15) is 0 Å². The summed E-state index contributed by atoms with van der Waals surface area (Å²) in [6.45, 7) is 6.57. The number of para-hydroxylation sites is 1. The number of ether oxygens (including phenoxy) is 1. The molecule has 1 atom stereocenters. The molecule has 0 aliphatic heterocycles. The van der Waals surface area contributed by atoms with Crippen molar-refractivity contribution >= 4 is 16.9 Å². The largest absolute Gasteiger partial charge is 0.465 e. The zero-order valence-corrected chi connectivity index (χ0v) is 11.7. The van der Waals surface area contributed by atoms with E-state index < -0.39 is 6.04 Å². The Morgan fingerprint density at radius 1 is 1.50 bits per heavy atom. The lowest BCUT2D eigenvalue weighted by Crippen LogP contribution is -2.30. The number of rotatable bonds is 7. The van der Waals surface area contributed by atoms with Crippen LogP contribution in [0.5, 0.6) is 0 Å². The number of carbonyl (C=O) groups is 1. The monoisotopic (exact) mass is 272 g/mol. The number of benzene rings is 1. The van der Waals surface area contributed by atoms with Crippen molar-refractivity contribution in [3.63, 3.8) is 0 Å². The van der Waals surface area contributed by atoms with Gasteiger partial charge in [0.2, 0.25) is 0 Å². The Morgan fingerprint density at radius 3 is 3.05 bits per heavy atom. The molecule has 0 amide bonds. The third-order valence-corrected chi connectivity index (χ3v) is 3.15. The van der Waals surface area contributed by atoms with Crippen LogP contribution >= 0.6 is 0 Å². The molecule has 1 aromatic carbocycles. The summed E-state index contributed by atoms with van der Waals surface area (Å²) in [4.78, 5) is 15.3. The van der Waals surface area contributed by atoms with Gasteiger partial charge in [0.25, 0.3) is 0 Å². The number of aromatic nitrogens is 1. The summed E-state index contributed by atoms with van der Waals surface area (Å²) in [5.41, 5.74) is 1.94. The van der Waals surface area contributed by atoms with Gasteiger partial charge in [0.15, 0.2) is 0 Å². The zero-order chi connectivity index (χ0) is 14.4. The maximum Gasteiger partial charge on any atom is 0.327 e. The zero-order valence-electron chi connectivity index (χ0n) is 11.7. The number of fused-ring (bicyclic) bond motifs is 1. The lowest BCUT2D eigenvalue weighted by Gasteiger charge is -2.16. The first-order valence-electron chi connectivity index (χ1n) is 6.84. The van der Waals surface area contributed by atoms with Crippen molar-refractivity contribution in [3.8, 4) is 0 Å². The molecule has 106 valence electrons. The summed E-state index contributed by atoms with van der Waals surface area (Å²) in [6.07, 6.45) is 4.50. The van der Waals surface area contributed by atoms with Crippen molar-refractivity contribution in [1.82, 2.24) is 10.3 Å². The standard InChI is InChI=1S/C16H20N2O2/c1-3-5-10-17-15(16(19)20-4-2)13-11-18-14-9-7-6-8-12(13)14/h3,6-9,11,15,17-18H,1,4-5,10H2,2H3. The fraction of sp³-hybridized carbons (Fsp3) is 0.312. The quantitative estimate of drug-likeness (QED) is 0.463. The molecule has 4 nitrogen and oxygen atoms in total. The molecule has 4 heteroatoms. The minimum Gasteiger partial charge on any atom is -0.465 e. The summed E-state index contributed by atoms with van der Waals surface area (Å²) in [5, 5.41) is 4.27. The predicted molar refractivity (Wildman–Crippen MR) is 80.5 cm³/mol. The minimum absolute atomic E-state index is 0.249. The van der Waals surface area contributed by atoms with Gasteiger partial charge in [-0.15, -0.1) is 6.58 Å². The van der Waals surface area contributed by atoms with Crippen molar-refractivity contribution in [2.45, 2.75) is 19.4 Å². The molecule has 20 heavy (non-hydrogen) atoms. The number of hydrogen-bond donors (Lipinski definition) is 2. The Labute approximate surface area is 118 Å². The highest BCUT2D eigenvalue weighted by atomic mass is 16.5. The molecule has 0 fully saturated rings. The summed E-state index contributed by atoms with van der Waals surface area (Å²) >= 11 is 0. The summed E-state index contributed by atoms with van der Waals surface area (Å²) in [6, 6.07) is 7.47. The normalized spacial score (nSPS) is 12.2. The first kappa shape index (κ1) is 14.3. The number of carbonyl (C=O) groups excluding carboxylic acids is 1. The number of aromatic amines is 1. The number of esters is 1. The van der Waals surface area contributed by atoms with E-state index in [0.29, 0.717) is 13.2 Å². The van der Waals surface area contributed by atoms with Gasteiger partial charge >= 0.3 is 5.97 Å². The Hall–Kier alpha value is -2.07. The minimum atomic E-state index is -0.453. The van der Waals surface area contributed by atoms with E-state index in [1.165, 1.54) is 0 Å². The van der Waals surface area contributed by atoms with E-state index in [9.17, 15) is 4.79 Å². The van der Waals surface area contributed by atoms with Crippen LogP contribution in [-0.4, -0.2) is 24.1 Å². The van der Waals surface area contributed by atoms with Crippen LogP contribution in [0.1, 0.15) is 24.9 Å². The molecule has 0 saturated carbocycles. The summed E-state index contributed by atoms with van der Waals surface area (Å²) in [5.74, 6) is -0.249. The fourth-order valence-corrected chi connectivity index (χ4v) is 2.21. The van der Waals surface area contributed by atoms with Crippen molar-refractivity contribution in [3.05, 3.63) is 48.7 Å². The molecule has 2 N–H and O–H groups in total. The van der Waals surface area contributed by atoms with E-state index in [-0.39, 0.29) is 5.97 Å². The number of nitrogens with one attached hydrogen (secondary N) is 2. The topological polar surface area (TPSA) is 54.1 Å². The van der Waals surface area contributed by atoms with Crippen LogP contribution in [0, 0.1) is 0 Å². The van der Waals surface area contributed by atoms with Gasteiger partial charge in [0, 0.05) is 22.7 Å². The molecular formula is C16H20N2O2. The summed E-state index contributed by atoms with van der Waals surface area (Å²) in [7, 11) is 0. The van der Waals surface area contributed by atoms with Crippen molar-refractivity contribution in [1.29, 1.82) is 0 Å². The molecule has 0 aliphatic rings. The number of hydrogen-bond acceptors (Lipinski definition) is 3. The third kappa shape index (κ3) is 3.08. The Bertz CT molecular complexity index is 589. The van der Waals surface area contributed by atoms with Crippen molar-refractivity contribution < 1.29 is 9.53 Å². The molecule has 2 aromatic rings. The van der Waals surface area contributed by atoms with E-state index in [2.05, 4.69) is 16.9 Å². The first-order valence-corrected chi connectivity index (χ1v) is 6.84. The molecule has 0 spiro atoms. The van der Waals surface area contributed by atoms with Crippen LogP contribution in [-0.2, 0) is 9.53 Å². The van der Waals surface area contributed by atoms with Crippen molar-refractivity contribution in [2.75, 3.05) is 13.2 Å². The van der Waals surface area contributed by atoms with E-state index in [4.69, 9.17) is 4.74 Å². The van der Waals surface area contributed by atoms with E-state index >= 15 is 0 Å². The maximum absolute atomic E-state index is 12.2. The Balaban J connectivity index is 2.29. The Kier molecular flexibility index (Phi) is 4.96. The molecule has 0 saturated heterocycles. The molecule has 0 aliphatic carbocycles. The van der Waals surface area contributed by atoms with Gasteiger partial charge in [-0.1, -0.05) is 24.3 Å². The maximum atomic E-state index is 12.2.